The number of rotatable bonds is 7. The summed E-state index contributed by atoms with van der Waals surface area (Å²) in [5.41, 5.74) is 0.905. The number of nitrogens with one attached hydrogen (secondary N) is 2. The van der Waals surface area contributed by atoms with Gasteiger partial charge in [0.2, 0.25) is 5.91 Å². The summed E-state index contributed by atoms with van der Waals surface area (Å²) in [5.74, 6) is -0.466. The second-order valence-electron chi connectivity index (χ2n) is 5.77. The van der Waals surface area contributed by atoms with E-state index < -0.39 is 11.9 Å². The Morgan fingerprint density at radius 1 is 1.24 bits per heavy atom. The quantitative estimate of drug-likeness (QED) is 0.584. The molecule has 1 atom stereocenters. The smallest absolute Gasteiger partial charge is 0.306 e. The van der Waals surface area contributed by atoms with Crippen LogP contribution in [0.2, 0.25) is 0 Å². The number of methoxy groups -OCH3 is 1. The Labute approximate surface area is 146 Å². The second kappa shape index (κ2) is 8.86. The molecule has 2 amide bonds. The average Bonchev–Trinajstić information content (AvgIpc) is 3.05. The number of carbonyl (C=O) groups excluding carboxylic acids is 3. The third-order valence-corrected chi connectivity index (χ3v) is 3.70. The number of hydrogen-bond donors (Lipinski definition) is 2. The van der Waals surface area contributed by atoms with E-state index in [4.69, 9.17) is 9.47 Å². The van der Waals surface area contributed by atoms with Gasteiger partial charge < -0.3 is 20.1 Å². The van der Waals surface area contributed by atoms with Crippen LogP contribution < -0.4 is 15.4 Å². The zero-order valence-corrected chi connectivity index (χ0v) is 14.3. The van der Waals surface area contributed by atoms with Gasteiger partial charge in [0.15, 0.2) is 6.61 Å². The van der Waals surface area contributed by atoms with Gasteiger partial charge in [-0.2, -0.15) is 0 Å². The number of esters is 1. The van der Waals surface area contributed by atoms with Crippen LogP contribution in [0.3, 0.4) is 0 Å². The summed E-state index contributed by atoms with van der Waals surface area (Å²) in [6.07, 6.45) is 6.24. The molecule has 0 saturated heterocycles. The van der Waals surface area contributed by atoms with Crippen molar-refractivity contribution < 1.29 is 23.9 Å². The van der Waals surface area contributed by atoms with Crippen molar-refractivity contribution in [3.05, 3.63) is 30.4 Å². The first-order chi connectivity index (χ1) is 12.0. The Kier molecular flexibility index (Phi) is 6.56. The highest BCUT2D eigenvalue weighted by atomic mass is 16.5. The minimum absolute atomic E-state index is 0.199. The first-order valence-corrected chi connectivity index (χ1v) is 8.05. The van der Waals surface area contributed by atoms with Crippen LogP contribution in [0.15, 0.2) is 30.4 Å². The van der Waals surface area contributed by atoms with Gasteiger partial charge in [0.1, 0.15) is 5.75 Å². The fraction of sp³-hybridized carbons (Fsp3) is 0.389. The molecule has 0 saturated carbocycles. The first kappa shape index (κ1) is 18.5. The molecule has 0 unspecified atom stereocenters. The van der Waals surface area contributed by atoms with E-state index in [-0.39, 0.29) is 24.9 Å². The summed E-state index contributed by atoms with van der Waals surface area (Å²) in [7, 11) is 1.47. The molecule has 7 heteroatoms. The van der Waals surface area contributed by atoms with Crippen LogP contribution in [0.5, 0.6) is 5.75 Å². The van der Waals surface area contributed by atoms with Gasteiger partial charge in [0, 0.05) is 12.6 Å². The molecule has 0 heterocycles. The van der Waals surface area contributed by atoms with Crippen LogP contribution in [0.4, 0.5) is 11.4 Å². The van der Waals surface area contributed by atoms with Crippen molar-refractivity contribution in [1.29, 1.82) is 0 Å². The molecule has 1 aliphatic rings. The first-order valence-electron chi connectivity index (χ1n) is 8.05. The summed E-state index contributed by atoms with van der Waals surface area (Å²) in [6, 6.07) is 4.85. The molecule has 7 nitrogen and oxygen atoms in total. The highest BCUT2D eigenvalue weighted by molar-refractivity contribution is 5.96. The highest BCUT2D eigenvalue weighted by Gasteiger charge is 2.16. The van der Waals surface area contributed by atoms with Gasteiger partial charge in [-0.05, 0) is 37.0 Å². The third-order valence-electron chi connectivity index (χ3n) is 3.70. The minimum atomic E-state index is -0.478. The van der Waals surface area contributed by atoms with Crippen molar-refractivity contribution >= 4 is 29.2 Å². The highest BCUT2D eigenvalue weighted by Crippen LogP contribution is 2.28. The normalized spacial score (nSPS) is 15.5. The zero-order valence-electron chi connectivity index (χ0n) is 14.3. The predicted molar refractivity (Wildman–Crippen MR) is 93.4 cm³/mol. The van der Waals surface area contributed by atoms with Gasteiger partial charge >= 0.3 is 5.97 Å². The van der Waals surface area contributed by atoms with Gasteiger partial charge in [-0.1, -0.05) is 12.2 Å². The maximum atomic E-state index is 12.0. The summed E-state index contributed by atoms with van der Waals surface area (Å²) >= 11 is 0. The van der Waals surface area contributed by atoms with Crippen molar-refractivity contribution in [2.24, 2.45) is 5.92 Å². The lowest BCUT2D eigenvalue weighted by molar-refractivity contribution is -0.147. The molecule has 2 N–H and O–H groups in total. The van der Waals surface area contributed by atoms with Gasteiger partial charge in [0.25, 0.3) is 5.91 Å². The van der Waals surface area contributed by atoms with Crippen LogP contribution in [-0.2, 0) is 19.1 Å². The fourth-order valence-corrected chi connectivity index (χ4v) is 2.56. The van der Waals surface area contributed by atoms with Crippen LogP contribution in [-0.4, -0.2) is 31.5 Å². The Balaban J connectivity index is 1.89. The Bertz CT molecular complexity index is 684. The number of allylic oxidation sites excluding steroid dienone is 2. The fourth-order valence-electron chi connectivity index (χ4n) is 2.56. The zero-order chi connectivity index (χ0) is 18.2. The van der Waals surface area contributed by atoms with Crippen molar-refractivity contribution in [3.8, 4) is 5.75 Å². The molecular weight excluding hydrogens is 324 g/mol. The van der Waals surface area contributed by atoms with E-state index in [2.05, 4.69) is 10.6 Å². The Morgan fingerprint density at radius 2 is 2.04 bits per heavy atom. The van der Waals surface area contributed by atoms with Crippen molar-refractivity contribution in [2.75, 3.05) is 24.4 Å². The van der Waals surface area contributed by atoms with Gasteiger partial charge in [-0.25, -0.2) is 0 Å². The molecule has 0 aromatic heterocycles. The standard InChI is InChI=1S/C18H22N2O5/c1-12(21)19-14-7-8-16(24-2)15(10-14)20-17(22)11-25-18(23)9-13-5-3-4-6-13/h3,5,7-8,10,13H,4,6,9,11H2,1-2H3,(H,19,21)(H,20,22)/t13-/m0/s1. The molecule has 2 rings (SSSR count). The van der Waals surface area contributed by atoms with E-state index in [1.165, 1.54) is 14.0 Å². The number of ether oxygens (including phenoxy) is 2. The summed E-state index contributed by atoms with van der Waals surface area (Å²) in [4.78, 5) is 34.9. The number of amides is 2. The van der Waals surface area contributed by atoms with Crippen LogP contribution >= 0.6 is 0 Å². The predicted octanol–water partition coefficient (Wildman–Crippen LogP) is 2.49. The SMILES string of the molecule is COc1ccc(NC(C)=O)cc1NC(=O)COC(=O)C[C@H]1C=CCC1. The van der Waals surface area contributed by atoms with Crippen molar-refractivity contribution in [2.45, 2.75) is 26.2 Å². The van der Waals surface area contributed by atoms with E-state index in [9.17, 15) is 14.4 Å². The molecule has 0 spiro atoms. The van der Waals surface area contributed by atoms with Crippen molar-refractivity contribution in [1.82, 2.24) is 0 Å². The number of benzene rings is 1. The molecule has 0 fully saturated rings. The number of anilines is 2. The molecule has 25 heavy (non-hydrogen) atoms. The average molecular weight is 346 g/mol. The largest absolute Gasteiger partial charge is 0.495 e. The van der Waals surface area contributed by atoms with Crippen molar-refractivity contribution in [3.63, 3.8) is 0 Å². The van der Waals surface area contributed by atoms with E-state index in [0.717, 1.165) is 12.8 Å². The molecule has 0 aliphatic heterocycles. The monoisotopic (exact) mass is 346 g/mol. The van der Waals surface area contributed by atoms with Gasteiger partial charge in [-0.3, -0.25) is 14.4 Å². The molecule has 1 aliphatic carbocycles. The second-order valence-corrected chi connectivity index (χ2v) is 5.77. The number of carbonyl (C=O) groups is 3. The topological polar surface area (TPSA) is 93.7 Å². The van der Waals surface area contributed by atoms with Crippen LogP contribution in [0.25, 0.3) is 0 Å². The summed E-state index contributed by atoms with van der Waals surface area (Å²) < 4.78 is 10.2. The molecule has 1 aromatic carbocycles. The molecular formula is C18H22N2O5. The maximum Gasteiger partial charge on any atom is 0.306 e. The van der Waals surface area contributed by atoms with E-state index in [0.29, 0.717) is 17.1 Å². The number of hydrogen-bond acceptors (Lipinski definition) is 5. The molecule has 134 valence electrons. The van der Waals surface area contributed by atoms with Gasteiger partial charge in [-0.15, -0.1) is 0 Å². The van der Waals surface area contributed by atoms with E-state index in [1.54, 1.807) is 18.2 Å². The molecule has 0 bridgehead atoms. The Morgan fingerprint density at radius 3 is 2.68 bits per heavy atom. The lowest BCUT2D eigenvalue weighted by Crippen LogP contribution is -2.22. The van der Waals surface area contributed by atoms with E-state index in [1.807, 2.05) is 12.2 Å². The lowest BCUT2D eigenvalue weighted by atomic mass is 10.1. The summed E-state index contributed by atoms with van der Waals surface area (Å²) in [5, 5.41) is 5.24. The van der Waals surface area contributed by atoms with E-state index >= 15 is 0 Å². The van der Waals surface area contributed by atoms with Crippen LogP contribution in [0.1, 0.15) is 26.2 Å². The molecule has 0 radical (unpaired) electrons. The van der Waals surface area contributed by atoms with Crippen LogP contribution in [0, 0.1) is 5.92 Å². The lowest BCUT2D eigenvalue weighted by Gasteiger charge is -2.13. The third kappa shape index (κ3) is 5.95. The maximum absolute atomic E-state index is 12.0. The minimum Gasteiger partial charge on any atom is -0.495 e. The summed E-state index contributed by atoms with van der Waals surface area (Å²) in [6.45, 7) is 1.02. The van der Waals surface area contributed by atoms with Gasteiger partial charge in [0.05, 0.1) is 19.2 Å². The molecule has 1 aromatic rings. The Hall–Kier alpha value is -2.83.